The van der Waals surface area contributed by atoms with Crippen molar-refractivity contribution in [2.24, 2.45) is 0 Å². The summed E-state index contributed by atoms with van der Waals surface area (Å²) < 4.78 is 0. The molecule has 1 aliphatic rings. The maximum Gasteiger partial charge on any atom is 0.0737 e. The molecule has 1 aromatic heterocycles. The molecule has 4 heteroatoms. The Morgan fingerprint density at radius 1 is 1.19 bits per heavy atom. The number of halogens is 1. The third-order valence-corrected chi connectivity index (χ3v) is 4.67. The minimum atomic E-state index is 0.495. The highest BCUT2D eigenvalue weighted by molar-refractivity contribution is 6.31. The highest BCUT2D eigenvalue weighted by Crippen LogP contribution is 2.29. The van der Waals surface area contributed by atoms with Gasteiger partial charge in [-0.05, 0) is 51.2 Å². The smallest absolute Gasteiger partial charge is 0.0737 e. The monoisotopic (exact) mass is 303 g/mol. The Morgan fingerprint density at radius 3 is 2.81 bits per heavy atom. The average Bonchev–Trinajstić information content (AvgIpc) is 2.47. The minimum absolute atomic E-state index is 0.495. The molecule has 2 unspecified atom stereocenters. The van der Waals surface area contributed by atoms with E-state index in [0.29, 0.717) is 12.1 Å². The number of nitrogens with zero attached hydrogens (tertiary/aromatic N) is 2. The normalized spacial score (nSPS) is 22.7. The maximum absolute atomic E-state index is 6.06. The Hall–Kier alpha value is -1.32. The summed E-state index contributed by atoms with van der Waals surface area (Å²) in [7, 11) is 4.35. The van der Waals surface area contributed by atoms with Crippen LogP contribution >= 0.6 is 11.6 Å². The lowest BCUT2D eigenvalue weighted by Crippen LogP contribution is -2.45. The summed E-state index contributed by atoms with van der Waals surface area (Å²) in [5, 5.41) is 5.63. The number of benzene rings is 1. The van der Waals surface area contributed by atoms with Gasteiger partial charge in [0.15, 0.2) is 0 Å². The van der Waals surface area contributed by atoms with Gasteiger partial charge >= 0.3 is 0 Å². The van der Waals surface area contributed by atoms with Crippen molar-refractivity contribution in [3.63, 3.8) is 0 Å². The Balaban J connectivity index is 1.90. The number of hydrogen-bond acceptors (Lipinski definition) is 3. The molecule has 1 heterocycles. The van der Waals surface area contributed by atoms with Crippen molar-refractivity contribution in [1.82, 2.24) is 9.88 Å². The van der Waals surface area contributed by atoms with Gasteiger partial charge < -0.3 is 10.2 Å². The highest BCUT2D eigenvalue weighted by atomic mass is 35.5. The molecular weight excluding hydrogens is 282 g/mol. The van der Waals surface area contributed by atoms with Gasteiger partial charge in [-0.15, -0.1) is 0 Å². The highest BCUT2D eigenvalue weighted by Gasteiger charge is 2.26. The summed E-state index contributed by atoms with van der Waals surface area (Å²) >= 11 is 6.06. The number of aromatic nitrogens is 1. The first-order valence-corrected chi connectivity index (χ1v) is 8.00. The third kappa shape index (κ3) is 3.14. The fraction of sp³-hybridized carbons (Fsp3) is 0.471. The van der Waals surface area contributed by atoms with E-state index in [1.807, 2.05) is 18.3 Å². The van der Waals surface area contributed by atoms with Gasteiger partial charge in [-0.3, -0.25) is 4.98 Å². The molecule has 1 fully saturated rings. The zero-order valence-corrected chi connectivity index (χ0v) is 13.4. The zero-order chi connectivity index (χ0) is 14.8. The lowest BCUT2D eigenvalue weighted by Gasteiger charge is -2.37. The van der Waals surface area contributed by atoms with Crippen molar-refractivity contribution in [3.8, 4) is 0 Å². The van der Waals surface area contributed by atoms with Crippen LogP contribution in [0.1, 0.15) is 25.7 Å². The van der Waals surface area contributed by atoms with Gasteiger partial charge in [0.05, 0.1) is 5.52 Å². The predicted molar refractivity (Wildman–Crippen MR) is 90.1 cm³/mol. The van der Waals surface area contributed by atoms with Gasteiger partial charge in [0.1, 0.15) is 0 Å². The molecule has 2 atom stereocenters. The van der Waals surface area contributed by atoms with Crippen LogP contribution in [-0.4, -0.2) is 36.1 Å². The molecule has 1 N–H and O–H groups in total. The van der Waals surface area contributed by atoms with Crippen molar-refractivity contribution in [3.05, 3.63) is 35.5 Å². The Morgan fingerprint density at radius 2 is 2.00 bits per heavy atom. The summed E-state index contributed by atoms with van der Waals surface area (Å²) in [6.45, 7) is 0. The first kappa shape index (κ1) is 14.6. The van der Waals surface area contributed by atoms with Crippen LogP contribution in [0.5, 0.6) is 0 Å². The average molecular weight is 304 g/mol. The van der Waals surface area contributed by atoms with Crippen LogP contribution < -0.4 is 5.32 Å². The lowest BCUT2D eigenvalue weighted by atomic mass is 9.89. The summed E-state index contributed by atoms with van der Waals surface area (Å²) in [4.78, 5) is 6.76. The van der Waals surface area contributed by atoms with Crippen LogP contribution in [0.25, 0.3) is 10.9 Å². The maximum atomic E-state index is 6.06. The van der Waals surface area contributed by atoms with E-state index in [4.69, 9.17) is 11.6 Å². The molecule has 0 saturated heterocycles. The van der Waals surface area contributed by atoms with Gasteiger partial charge in [0.25, 0.3) is 0 Å². The van der Waals surface area contributed by atoms with Crippen LogP contribution in [0.4, 0.5) is 5.69 Å². The zero-order valence-electron chi connectivity index (χ0n) is 12.6. The number of rotatable bonds is 3. The minimum Gasteiger partial charge on any atom is -0.380 e. The SMILES string of the molecule is CN(C)C1CCCCC1Nc1ccnc2cc(Cl)ccc12. The molecule has 21 heavy (non-hydrogen) atoms. The molecule has 1 aromatic carbocycles. The third-order valence-electron chi connectivity index (χ3n) is 4.44. The number of hydrogen-bond donors (Lipinski definition) is 1. The fourth-order valence-corrected chi connectivity index (χ4v) is 3.51. The molecule has 0 bridgehead atoms. The fourth-order valence-electron chi connectivity index (χ4n) is 3.34. The lowest BCUT2D eigenvalue weighted by molar-refractivity contribution is 0.211. The predicted octanol–water partition coefficient (Wildman–Crippen LogP) is 4.17. The summed E-state index contributed by atoms with van der Waals surface area (Å²) in [6.07, 6.45) is 6.97. The number of fused-ring (bicyclic) bond motifs is 1. The molecule has 1 saturated carbocycles. The topological polar surface area (TPSA) is 28.2 Å². The molecule has 3 nitrogen and oxygen atoms in total. The van der Waals surface area contributed by atoms with Gasteiger partial charge in [0.2, 0.25) is 0 Å². The number of pyridine rings is 1. The largest absolute Gasteiger partial charge is 0.380 e. The van der Waals surface area contributed by atoms with E-state index in [9.17, 15) is 0 Å². The van der Waals surface area contributed by atoms with E-state index in [1.54, 1.807) is 0 Å². The molecule has 0 spiro atoms. The number of likely N-dealkylation sites (N-methyl/N-ethyl adjacent to an activating group) is 1. The molecule has 2 aromatic rings. The number of nitrogens with one attached hydrogen (secondary N) is 1. The van der Waals surface area contributed by atoms with Crippen molar-refractivity contribution in [1.29, 1.82) is 0 Å². The standard InChI is InChI=1S/C17H22ClN3/c1-21(2)17-6-4-3-5-15(17)20-14-9-10-19-16-11-12(18)7-8-13(14)16/h7-11,15,17H,3-6H2,1-2H3,(H,19,20). The van der Waals surface area contributed by atoms with Crippen molar-refractivity contribution in [2.75, 3.05) is 19.4 Å². The summed E-state index contributed by atoms with van der Waals surface area (Å²) in [5.41, 5.74) is 2.11. The second-order valence-electron chi connectivity index (χ2n) is 6.09. The van der Waals surface area contributed by atoms with Gasteiger partial charge in [-0.25, -0.2) is 0 Å². The molecule has 0 amide bonds. The van der Waals surface area contributed by atoms with E-state index >= 15 is 0 Å². The summed E-state index contributed by atoms with van der Waals surface area (Å²) in [6, 6.07) is 9.06. The molecule has 112 valence electrons. The van der Waals surface area contributed by atoms with Gasteiger partial charge in [-0.2, -0.15) is 0 Å². The van der Waals surface area contributed by atoms with Crippen LogP contribution in [0.15, 0.2) is 30.5 Å². The van der Waals surface area contributed by atoms with E-state index in [-0.39, 0.29) is 0 Å². The first-order chi connectivity index (χ1) is 10.1. The van der Waals surface area contributed by atoms with E-state index < -0.39 is 0 Å². The molecule has 3 rings (SSSR count). The Labute approximate surface area is 131 Å². The molecule has 0 radical (unpaired) electrons. The Bertz CT molecular complexity index is 626. The van der Waals surface area contributed by atoms with Crippen molar-refractivity contribution < 1.29 is 0 Å². The van der Waals surface area contributed by atoms with Crippen molar-refractivity contribution >= 4 is 28.2 Å². The van der Waals surface area contributed by atoms with Gasteiger partial charge in [-0.1, -0.05) is 24.4 Å². The Kier molecular flexibility index (Phi) is 4.32. The quantitative estimate of drug-likeness (QED) is 0.922. The molecular formula is C17H22ClN3. The second-order valence-corrected chi connectivity index (χ2v) is 6.52. The van der Waals surface area contributed by atoms with Gasteiger partial charge in [0, 0.05) is 34.4 Å². The molecule has 0 aliphatic heterocycles. The van der Waals surface area contributed by atoms with E-state index in [2.05, 4.69) is 41.4 Å². The van der Waals surface area contributed by atoms with Crippen LogP contribution in [-0.2, 0) is 0 Å². The first-order valence-electron chi connectivity index (χ1n) is 7.62. The van der Waals surface area contributed by atoms with Crippen LogP contribution in [0, 0.1) is 0 Å². The van der Waals surface area contributed by atoms with Crippen LogP contribution in [0.2, 0.25) is 5.02 Å². The number of anilines is 1. The van der Waals surface area contributed by atoms with Crippen LogP contribution in [0.3, 0.4) is 0 Å². The second kappa shape index (κ2) is 6.20. The summed E-state index contributed by atoms with van der Waals surface area (Å²) in [5.74, 6) is 0. The van der Waals surface area contributed by atoms with E-state index in [1.165, 1.54) is 25.7 Å². The van der Waals surface area contributed by atoms with Crippen molar-refractivity contribution in [2.45, 2.75) is 37.8 Å². The molecule has 1 aliphatic carbocycles. The van der Waals surface area contributed by atoms with E-state index in [0.717, 1.165) is 21.6 Å².